The Balaban J connectivity index is 1.91. The lowest BCUT2D eigenvalue weighted by Crippen LogP contribution is -2.48. The number of nitrogens with one attached hydrogen (secondary N) is 2. The van der Waals surface area contributed by atoms with Gasteiger partial charge >= 0.3 is 6.18 Å². The lowest BCUT2D eigenvalue weighted by atomic mass is 9.95. The molecule has 1 aliphatic heterocycles. The van der Waals surface area contributed by atoms with E-state index in [0.29, 0.717) is 26.1 Å². The monoisotopic (exact) mass is 466 g/mol. The third kappa shape index (κ3) is 4.25. The first-order valence-electron chi connectivity index (χ1n) is 7.97. The minimum Gasteiger partial charge on any atom is -0.349 e. The molecule has 1 saturated heterocycles. The first-order valence-corrected chi connectivity index (χ1v) is 9.05. The van der Waals surface area contributed by atoms with Gasteiger partial charge in [0.15, 0.2) is 0 Å². The van der Waals surface area contributed by atoms with E-state index in [2.05, 4.69) is 22.5 Å². The Morgan fingerprint density at radius 1 is 1.48 bits per heavy atom. The Kier molecular flexibility index (Phi) is 5.24. The van der Waals surface area contributed by atoms with Crippen molar-refractivity contribution in [1.82, 2.24) is 20.2 Å². The Labute approximate surface area is 156 Å². The van der Waals surface area contributed by atoms with Gasteiger partial charge in [0, 0.05) is 9.61 Å². The summed E-state index contributed by atoms with van der Waals surface area (Å²) in [6.45, 7) is 2.58. The van der Waals surface area contributed by atoms with Crippen LogP contribution in [0.2, 0.25) is 0 Å². The number of rotatable bonds is 3. The van der Waals surface area contributed by atoms with Crippen LogP contribution >= 0.6 is 22.6 Å². The van der Waals surface area contributed by atoms with Crippen LogP contribution in [0.15, 0.2) is 18.5 Å². The third-order valence-corrected chi connectivity index (χ3v) is 5.01. The van der Waals surface area contributed by atoms with E-state index in [4.69, 9.17) is 0 Å². The van der Waals surface area contributed by atoms with Crippen LogP contribution in [-0.2, 0) is 6.54 Å². The van der Waals surface area contributed by atoms with Crippen LogP contribution in [0.5, 0.6) is 0 Å². The van der Waals surface area contributed by atoms with Crippen molar-refractivity contribution in [3.05, 3.63) is 27.6 Å². The molecule has 1 amide bonds. The number of amides is 1. The van der Waals surface area contributed by atoms with E-state index >= 15 is 0 Å². The van der Waals surface area contributed by atoms with Crippen LogP contribution in [0.4, 0.5) is 13.2 Å². The van der Waals surface area contributed by atoms with Gasteiger partial charge in [0.25, 0.3) is 5.91 Å². The van der Waals surface area contributed by atoms with Crippen molar-refractivity contribution in [2.45, 2.75) is 32.1 Å². The van der Waals surface area contributed by atoms with Crippen molar-refractivity contribution in [3.63, 3.8) is 0 Å². The van der Waals surface area contributed by atoms with Crippen LogP contribution in [0, 0.1) is 9.49 Å². The number of halogens is 4. The van der Waals surface area contributed by atoms with Crippen molar-refractivity contribution >= 4 is 39.5 Å². The molecular weight excluding hydrogens is 448 g/mol. The topological polar surface area (TPSA) is 58.9 Å². The minimum atomic E-state index is -4.35. The Morgan fingerprint density at radius 2 is 2.24 bits per heavy atom. The maximum atomic E-state index is 12.7. The summed E-state index contributed by atoms with van der Waals surface area (Å²) in [6, 6.07) is 3.31. The van der Waals surface area contributed by atoms with E-state index in [1.165, 1.54) is 0 Å². The molecule has 1 aromatic heterocycles. The Morgan fingerprint density at radius 3 is 2.92 bits per heavy atom. The second kappa shape index (κ2) is 7.10. The summed E-state index contributed by atoms with van der Waals surface area (Å²) in [4.78, 5) is 16.8. The van der Waals surface area contributed by atoms with Crippen LogP contribution < -0.4 is 10.6 Å². The van der Waals surface area contributed by atoms with Crippen LogP contribution in [0.3, 0.4) is 0 Å². The fraction of sp³-hybridized carbons (Fsp3) is 0.500. The first-order chi connectivity index (χ1) is 11.7. The molecule has 5 nitrogen and oxygen atoms in total. The van der Waals surface area contributed by atoms with Crippen molar-refractivity contribution in [3.8, 4) is 0 Å². The van der Waals surface area contributed by atoms with E-state index in [1.54, 1.807) is 12.1 Å². The summed E-state index contributed by atoms with van der Waals surface area (Å²) in [6.07, 6.45) is -2.39. The van der Waals surface area contributed by atoms with E-state index in [-0.39, 0.29) is 11.9 Å². The molecule has 1 aliphatic rings. The molecule has 9 heteroatoms. The molecule has 3 rings (SSSR count). The van der Waals surface area contributed by atoms with Gasteiger partial charge in [0.05, 0.1) is 17.4 Å². The molecule has 25 heavy (non-hydrogen) atoms. The normalized spacial score (nSPS) is 21.5. The van der Waals surface area contributed by atoms with Gasteiger partial charge in [-0.1, -0.05) is 6.92 Å². The Hall–Kier alpha value is -1.36. The van der Waals surface area contributed by atoms with Gasteiger partial charge in [0.2, 0.25) is 0 Å². The van der Waals surface area contributed by atoms with Gasteiger partial charge in [0.1, 0.15) is 12.1 Å². The highest BCUT2D eigenvalue weighted by molar-refractivity contribution is 14.1. The SMILES string of the molecule is C[C@H]1CNCCC1NC(=O)c1cc(I)cc2c1ncn2CC(F)(F)F. The van der Waals surface area contributed by atoms with Gasteiger partial charge < -0.3 is 15.2 Å². The number of fused-ring (bicyclic) bond motifs is 1. The van der Waals surface area contributed by atoms with Gasteiger partial charge in [-0.3, -0.25) is 4.79 Å². The zero-order valence-corrected chi connectivity index (χ0v) is 15.7. The third-order valence-electron chi connectivity index (χ3n) is 4.39. The summed E-state index contributed by atoms with van der Waals surface area (Å²) < 4.78 is 39.9. The number of imidazole rings is 1. The number of carbonyl (C=O) groups is 1. The van der Waals surface area contributed by atoms with Gasteiger partial charge in [-0.2, -0.15) is 13.2 Å². The number of hydrogen-bond donors (Lipinski definition) is 2. The molecule has 1 aromatic carbocycles. The van der Waals surface area contributed by atoms with E-state index < -0.39 is 12.7 Å². The van der Waals surface area contributed by atoms with Gasteiger partial charge in [-0.05, 0) is 60.2 Å². The molecule has 2 aromatic rings. The molecule has 1 unspecified atom stereocenters. The number of alkyl halides is 3. The fourth-order valence-electron chi connectivity index (χ4n) is 3.10. The highest BCUT2D eigenvalue weighted by Gasteiger charge is 2.30. The lowest BCUT2D eigenvalue weighted by Gasteiger charge is -2.30. The molecular formula is C16H18F3IN4O. The first kappa shape index (κ1) is 18.4. The summed E-state index contributed by atoms with van der Waals surface area (Å²) in [7, 11) is 0. The molecule has 2 atom stereocenters. The number of piperidine rings is 1. The molecule has 2 N–H and O–H groups in total. The quantitative estimate of drug-likeness (QED) is 0.685. The average Bonchev–Trinajstić information content (AvgIpc) is 2.89. The van der Waals surface area contributed by atoms with Crippen LogP contribution in [-0.4, -0.2) is 40.8 Å². The standard InChI is InChI=1S/C16H18F3IN4O/c1-9-6-21-3-2-12(9)23-15(25)11-4-10(20)5-13-14(11)22-8-24(13)7-16(17,18)19/h4-5,8-9,12,21H,2-3,6-7H2,1H3,(H,23,25)/t9-,12?/m0/s1. The highest BCUT2D eigenvalue weighted by Crippen LogP contribution is 2.25. The zero-order chi connectivity index (χ0) is 18.2. The van der Waals surface area contributed by atoms with Crippen molar-refractivity contribution in [1.29, 1.82) is 0 Å². The molecule has 2 heterocycles. The zero-order valence-electron chi connectivity index (χ0n) is 13.5. The maximum absolute atomic E-state index is 12.7. The number of aromatic nitrogens is 2. The Bertz CT molecular complexity index is 790. The summed E-state index contributed by atoms with van der Waals surface area (Å²) in [5.41, 5.74) is 0.921. The van der Waals surface area contributed by atoms with Crippen LogP contribution in [0.25, 0.3) is 11.0 Å². The van der Waals surface area contributed by atoms with Gasteiger partial charge in [-0.15, -0.1) is 0 Å². The van der Waals surface area contributed by atoms with E-state index in [0.717, 1.165) is 30.4 Å². The molecule has 0 aliphatic carbocycles. The van der Waals surface area contributed by atoms with Crippen LogP contribution in [0.1, 0.15) is 23.7 Å². The molecule has 1 fully saturated rings. The van der Waals surface area contributed by atoms with Crippen molar-refractivity contribution in [2.75, 3.05) is 13.1 Å². The number of hydrogen-bond acceptors (Lipinski definition) is 3. The molecule has 0 radical (unpaired) electrons. The lowest BCUT2D eigenvalue weighted by molar-refractivity contribution is -0.139. The van der Waals surface area contributed by atoms with E-state index in [9.17, 15) is 18.0 Å². The molecule has 136 valence electrons. The minimum absolute atomic E-state index is 0.0407. The molecule has 0 bridgehead atoms. The molecule has 0 spiro atoms. The van der Waals surface area contributed by atoms with Gasteiger partial charge in [-0.25, -0.2) is 4.98 Å². The number of nitrogens with zero attached hydrogens (tertiary/aromatic N) is 2. The largest absolute Gasteiger partial charge is 0.406 e. The van der Waals surface area contributed by atoms with Crippen molar-refractivity contribution in [2.24, 2.45) is 5.92 Å². The highest BCUT2D eigenvalue weighted by atomic mass is 127. The second-order valence-corrected chi connectivity index (χ2v) is 7.60. The fourth-order valence-corrected chi connectivity index (χ4v) is 3.70. The van der Waals surface area contributed by atoms with Crippen molar-refractivity contribution < 1.29 is 18.0 Å². The smallest absolute Gasteiger partial charge is 0.349 e. The predicted molar refractivity (Wildman–Crippen MR) is 96.4 cm³/mol. The predicted octanol–water partition coefficient (Wildman–Crippen LogP) is 2.93. The van der Waals surface area contributed by atoms with E-state index in [1.807, 2.05) is 22.6 Å². The summed E-state index contributed by atoms with van der Waals surface area (Å²) in [5.74, 6) is -0.00159. The number of carbonyl (C=O) groups excluding carboxylic acids is 1. The molecule has 0 saturated carbocycles. The number of benzene rings is 1. The second-order valence-electron chi connectivity index (χ2n) is 6.36. The average molecular weight is 466 g/mol. The summed E-state index contributed by atoms with van der Waals surface area (Å²) in [5, 5.41) is 6.27. The summed E-state index contributed by atoms with van der Waals surface area (Å²) >= 11 is 2.00. The maximum Gasteiger partial charge on any atom is 0.406 e.